The number of carbonyl (C=O) groups is 1. The molecule has 4 nitrogen and oxygen atoms in total. The molecule has 0 spiro atoms. The first kappa shape index (κ1) is 17.1. The van der Waals surface area contributed by atoms with E-state index in [-0.39, 0.29) is 11.9 Å². The van der Waals surface area contributed by atoms with Crippen LogP contribution < -0.4 is 5.32 Å². The molecule has 4 heterocycles. The van der Waals surface area contributed by atoms with E-state index in [1.807, 2.05) is 6.20 Å². The minimum Gasteiger partial charge on any atom is -0.345 e. The number of piperidine rings is 3. The summed E-state index contributed by atoms with van der Waals surface area (Å²) in [4.78, 5) is 20.7. The summed E-state index contributed by atoms with van der Waals surface area (Å²) in [5.74, 6) is 0.594. The lowest BCUT2D eigenvalue weighted by molar-refractivity contribution is 0.0217. The quantitative estimate of drug-likeness (QED) is 0.885. The number of carbonyl (C=O) groups excluding carboxylic acids is 1. The van der Waals surface area contributed by atoms with Gasteiger partial charge in [0.2, 0.25) is 0 Å². The Bertz CT molecular complexity index is 766. The van der Waals surface area contributed by atoms with E-state index >= 15 is 0 Å². The van der Waals surface area contributed by atoms with Crippen molar-refractivity contribution in [1.82, 2.24) is 15.2 Å². The van der Waals surface area contributed by atoms with Gasteiger partial charge < -0.3 is 5.32 Å². The Morgan fingerprint density at radius 1 is 1.36 bits per heavy atom. The topological polar surface area (TPSA) is 45.2 Å². The van der Waals surface area contributed by atoms with Crippen molar-refractivity contribution in [2.24, 2.45) is 5.92 Å². The van der Waals surface area contributed by atoms with Crippen LogP contribution >= 0.6 is 23.1 Å². The number of rotatable bonds is 4. The number of fused-ring (bicyclic) bond motifs is 3. The number of thiazole rings is 1. The number of aryl methyl sites for hydroxylation is 1. The molecule has 3 aliphatic rings. The molecule has 0 saturated carbocycles. The summed E-state index contributed by atoms with van der Waals surface area (Å²) in [6.45, 7) is 6.67. The van der Waals surface area contributed by atoms with Crippen LogP contribution in [0.15, 0.2) is 39.6 Å². The SMILES string of the molecule is Cc1cccc(Sc2cnc(C(=O)N[C@@H]3C4CCN(CC4)[C@H]3C)s2)c1. The average molecular weight is 374 g/mol. The molecule has 2 bridgehead atoms. The highest BCUT2D eigenvalue weighted by Crippen LogP contribution is 2.34. The van der Waals surface area contributed by atoms with Crippen molar-refractivity contribution in [3.8, 4) is 0 Å². The highest BCUT2D eigenvalue weighted by atomic mass is 32.2. The second-order valence-corrected chi connectivity index (χ2v) is 9.42. The molecule has 0 aliphatic carbocycles. The Hall–Kier alpha value is -1.37. The lowest BCUT2D eigenvalue weighted by atomic mass is 9.79. The first-order valence-corrected chi connectivity index (χ1v) is 10.5. The zero-order valence-corrected chi connectivity index (χ0v) is 16.2. The van der Waals surface area contributed by atoms with Crippen molar-refractivity contribution in [3.63, 3.8) is 0 Å². The van der Waals surface area contributed by atoms with E-state index in [0.29, 0.717) is 17.0 Å². The number of nitrogens with zero attached hydrogens (tertiary/aromatic N) is 2. The Morgan fingerprint density at radius 3 is 2.88 bits per heavy atom. The van der Waals surface area contributed by atoms with Crippen molar-refractivity contribution >= 4 is 29.0 Å². The molecule has 1 amide bonds. The second-order valence-electron chi connectivity index (χ2n) is 7.02. The maximum absolute atomic E-state index is 12.7. The zero-order valence-electron chi connectivity index (χ0n) is 14.6. The van der Waals surface area contributed by atoms with E-state index in [1.165, 1.54) is 47.7 Å². The fraction of sp³-hybridized carbons (Fsp3) is 0.474. The zero-order chi connectivity index (χ0) is 17.4. The van der Waals surface area contributed by atoms with Crippen molar-refractivity contribution < 1.29 is 4.79 Å². The Morgan fingerprint density at radius 2 is 2.16 bits per heavy atom. The lowest BCUT2D eigenvalue weighted by Crippen LogP contribution is -2.62. The Balaban J connectivity index is 1.42. The third-order valence-corrected chi connectivity index (χ3v) is 7.45. The van der Waals surface area contributed by atoms with Gasteiger partial charge in [-0.3, -0.25) is 9.69 Å². The number of nitrogens with one attached hydrogen (secondary N) is 1. The van der Waals surface area contributed by atoms with Gasteiger partial charge in [-0.1, -0.05) is 29.5 Å². The molecule has 0 radical (unpaired) electrons. The van der Waals surface area contributed by atoms with E-state index in [0.717, 1.165) is 4.21 Å². The molecular formula is C19H23N3OS2. The number of hydrogen-bond acceptors (Lipinski definition) is 5. The van der Waals surface area contributed by atoms with Gasteiger partial charge in [-0.05, 0) is 57.8 Å². The van der Waals surface area contributed by atoms with E-state index in [2.05, 4.69) is 53.3 Å². The molecule has 1 aromatic heterocycles. The van der Waals surface area contributed by atoms with Gasteiger partial charge in [-0.15, -0.1) is 11.3 Å². The van der Waals surface area contributed by atoms with Crippen molar-refractivity contribution in [2.75, 3.05) is 13.1 Å². The minimum atomic E-state index is -0.0216. The number of amides is 1. The Labute approximate surface area is 157 Å². The smallest absolute Gasteiger partial charge is 0.280 e. The van der Waals surface area contributed by atoms with Crippen LogP contribution in [0.1, 0.15) is 35.1 Å². The molecule has 25 heavy (non-hydrogen) atoms. The van der Waals surface area contributed by atoms with Crippen LogP contribution in [0.25, 0.3) is 0 Å². The molecule has 1 N–H and O–H groups in total. The van der Waals surface area contributed by atoms with Crippen LogP contribution in [0, 0.1) is 12.8 Å². The van der Waals surface area contributed by atoms with E-state index in [1.54, 1.807) is 11.8 Å². The molecule has 0 unspecified atom stereocenters. The summed E-state index contributed by atoms with van der Waals surface area (Å²) in [5.41, 5.74) is 1.24. The summed E-state index contributed by atoms with van der Waals surface area (Å²) in [5, 5.41) is 3.83. The van der Waals surface area contributed by atoms with E-state index in [9.17, 15) is 4.79 Å². The van der Waals surface area contributed by atoms with Crippen LogP contribution in [0.4, 0.5) is 0 Å². The average Bonchev–Trinajstić information content (AvgIpc) is 3.07. The highest BCUT2D eigenvalue weighted by Gasteiger charge is 2.40. The number of hydrogen-bond donors (Lipinski definition) is 1. The van der Waals surface area contributed by atoms with Crippen LogP contribution in [-0.2, 0) is 0 Å². The summed E-state index contributed by atoms with van der Waals surface area (Å²) in [7, 11) is 0. The van der Waals surface area contributed by atoms with Crippen molar-refractivity contribution in [3.05, 3.63) is 41.0 Å². The van der Waals surface area contributed by atoms with E-state index in [4.69, 9.17) is 0 Å². The third kappa shape index (κ3) is 3.61. The van der Waals surface area contributed by atoms with Gasteiger partial charge in [0.05, 0.1) is 10.4 Å². The first-order valence-electron chi connectivity index (χ1n) is 8.85. The fourth-order valence-electron chi connectivity index (χ4n) is 3.96. The summed E-state index contributed by atoms with van der Waals surface area (Å²) < 4.78 is 1.05. The molecule has 132 valence electrons. The van der Waals surface area contributed by atoms with Crippen LogP contribution in [-0.4, -0.2) is 41.0 Å². The standard InChI is InChI=1S/C19H23N3OS2/c1-12-4-3-5-15(10-12)24-16-11-20-19(25-16)18(23)21-17-13(2)22-8-6-14(17)7-9-22/h3-5,10-11,13-14,17H,6-9H2,1-2H3,(H,21,23)/t13-,17-/m0/s1. The normalized spacial score (nSPS) is 28.1. The fourth-order valence-corrected chi connectivity index (χ4v) is 5.94. The maximum Gasteiger partial charge on any atom is 0.280 e. The largest absolute Gasteiger partial charge is 0.345 e. The van der Waals surface area contributed by atoms with Crippen molar-refractivity contribution in [2.45, 2.75) is 47.9 Å². The highest BCUT2D eigenvalue weighted by molar-refractivity contribution is 8.01. The van der Waals surface area contributed by atoms with Crippen LogP contribution in [0.3, 0.4) is 0 Å². The molecule has 3 aliphatic heterocycles. The van der Waals surface area contributed by atoms with Crippen molar-refractivity contribution in [1.29, 1.82) is 0 Å². The lowest BCUT2D eigenvalue weighted by Gasteiger charge is -2.49. The second kappa shape index (κ2) is 7.09. The molecule has 5 rings (SSSR count). The van der Waals surface area contributed by atoms with Gasteiger partial charge in [0, 0.05) is 17.0 Å². The van der Waals surface area contributed by atoms with Gasteiger partial charge in [0.15, 0.2) is 5.01 Å². The molecule has 3 saturated heterocycles. The Kier molecular flexibility index (Phi) is 4.84. The van der Waals surface area contributed by atoms with E-state index < -0.39 is 0 Å². The predicted octanol–water partition coefficient (Wildman–Crippen LogP) is 3.82. The molecular weight excluding hydrogens is 350 g/mol. The summed E-state index contributed by atoms with van der Waals surface area (Å²) in [6, 6.07) is 9.07. The maximum atomic E-state index is 12.7. The van der Waals surface area contributed by atoms with Gasteiger partial charge in [0.1, 0.15) is 0 Å². The van der Waals surface area contributed by atoms with Gasteiger partial charge >= 0.3 is 0 Å². The molecule has 2 atom stereocenters. The predicted molar refractivity (Wildman–Crippen MR) is 102 cm³/mol. The van der Waals surface area contributed by atoms with Crippen LogP contribution in [0.5, 0.6) is 0 Å². The summed E-state index contributed by atoms with van der Waals surface area (Å²) in [6.07, 6.45) is 4.20. The minimum absolute atomic E-state index is 0.0216. The van der Waals surface area contributed by atoms with Gasteiger partial charge in [-0.25, -0.2) is 4.98 Å². The number of benzene rings is 1. The monoisotopic (exact) mass is 373 g/mol. The third-order valence-electron chi connectivity index (χ3n) is 5.36. The first-order chi connectivity index (χ1) is 12.1. The molecule has 1 aromatic carbocycles. The number of aromatic nitrogens is 1. The van der Waals surface area contributed by atoms with Gasteiger partial charge in [-0.2, -0.15) is 0 Å². The molecule has 3 fully saturated rings. The van der Waals surface area contributed by atoms with Gasteiger partial charge in [0.25, 0.3) is 5.91 Å². The molecule has 6 heteroatoms. The van der Waals surface area contributed by atoms with Crippen LogP contribution in [0.2, 0.25) is 0 Å². The molecule has 2 aromatic rings. The summed E-state index contributed by atoms with van der Waals surface area (Å²) >= 11 is 3.14.